The number of hydrogen-bond acceptors (Lipinski definition) is 3. The van der Waals surface area contributed by atoms with E-state index in [1.807, 2.05) is 36.4 Å². The number of para-hydroxylation sites is 2. The maximum Gasteiger partial charge on any atom is 0.407 e. The minimum absolute atomic E-state index is 0.262. The maximum atomic E-state index is 11.9. The van der Waals surface area contributed by atoms with E-state index in [2.05, 4.69) is 15.3 Å². The minimum atomic E-state index is -0.450. The van der Waals surface area contributed by atoms with Gasteiger partial charge >= 0.3 is 6.09 Å². The summed E-state index contributed by atoms with van der Waals surface area (Å²) in [5.41, 5.74) is 2.81. The predicted molar refractivity (Wildman–Crippen MR) is 94.1 cm³/mol. The first-order chi connectivity index (χ1) is 11.7. The molecule has 0 saturated carbocycles. The van der Waals surface area contributed by atoms with Crippen molar-refractivity contribution in [2.24, 2.45) is 0 Å². The number of benzene rings is 2. The number of nitrogens with zero attached hydrogens (tertiary/aromatic N) is 1. The van der Waals surface area contributed by atoms with Crippen LogP contribution in [0.25, 0.3) is 11.0 Å². The zero-order chi connectivity index (χ0) is 16.9. The third kappa shape index (κ3) is 3.86. The van der Waals surface area contributed by atoms with E-state index in [1.165, 1.54) is 0 Å². The lowest BCUT2D eigenvalue weighted by Gasteiger charge is -2.18. The van der Waals surface area contributed by atoms with Gasteiger partial charge in [-0.15, -0.1) is 0 Å². The van der Waals surface area contributed by atoms with Crippen molar-refractivity contribution < 1.29 is 9.53 Å². The fourth-order valence-electron chi connectivity index (χ4n) is 2.56. The van der Waals surface area contributed by atoms with Crippen LogP contribution in [0, 0.1) is 0 Å². The highest BCUT2D eigenvalue weighted by Crippen LogP contribution is 2.21. The molecule has 3 rings (SSSR count). The molecule has 1 heterocycles. The molecule has 0 saturated heterocycles. The molecule has 24 heavy (non-hydrogen) atoms. The molecule has 0 radical (unpaired) electrons. The third-order valence-corrected chi connectivity index (χ3v) is 3.93. The largest absolute Gasteiger partial charge is 0.450 e. The van der Waals surface area contributed by atoms with Crippen LogP contribution >= 0.6 is 11.6 Å². The number of nitrogens with one attached hydrogen (secondary N) is 2. The van der Waals surface area contributed by atoms with Crippen LogP contribution < -0.4 is 5.32 Å². The lowest BCUT2D eigenvalue weighted by molar-refractivity contribution is 0.148. The van der Waals surface area contributed by atoms with Crippen molar-refractivity contribution >= 4 is 28.7 Å². The number of aromatic amines is 1. The van der Waals surface area contributed by atoms with Crippen LogP contribution in [0.3, 0.4) is 0 Å². The Hall–Kier alpha value is -2.53. The van der Waals surface area contributed by atoms with Crippen LogP contribution in [0.15, 0.2) is 48.5 Å². The van der Waals surface area contributed by atoms with Gasteiger partial charge in [0, 0.05) is 11.4 Å². The van der Waals surface area contributed by atoms with Crippen molar-refractivity contribution in [3.05, 3.63) is 64.9 Å². The van der Waals surface area contributed by atoms with Gasteiger partial charge in [0.05, 0.1) is 23.7 Å². The molecule has 124 valence electrons. The summed E-state index contributed by atoms with van der Waals surface area (Å²) < 4.78 is 5.01. The second-order valence-electron chi connectivity index (χ2n) is 5.37. The van der Waals surface area contributed by atoms with Gasteiger partial charge in [0.25, 0.3) is 0 Å². The third-order valence-electron chi connectivity index (χ3n) is 3.68. The average Bonchev–Trinajstić information content (AvgIpc) is 2.97. The Morgan fingerprint density at radius 2 is 2.00 bits per heavy atom. The van der Waals surface area contributed by atoms with Gasteiger partial charge in [0.2, 0.25) is 0 Å². The van der Waals surface area contributed by atoms with Gasteiger partial charge in [-0.25, -0.2) is 9.78 Å². The number of carbonyl (C=O) groups is 1. The van der Waals surface area contributed by atoms with Crippen molar-refractivity contribution in [2.75, 3.05) is 6.61 Å². The van der Waals surface area contributed by atoms with Crippen LogP contribution in [0.4, 0.5) is 4.79 Å². The van der Waals surface area contributed by atoms with E-state index in [1.54, 1.807) is 19.1 Å². The summed E-state index contributed by atoms with van der Waals surface area (Å²) in [5, 5.41) is 3.53. The van der Waals surface area contributed by atoms with Crippen LogP contribution in [-0.4, -0.2) is 22.7 Å². The van der Waals surface area contributed by atoms with Crippen molar-refractivity contribution in [3.8, 4) is 0 Å². The fourth-order valence-corrected chi connectivity index (χ4v) is 2.68. The molecule has 0 aliphatic carbocycles. The van der Waals surface area contributed by atoms with Crippen LogP contribution in [0.1, 0.15) is 24.4 Å². The number of fused-ring (bicyclic) bond motifs is 1. The second kappa shape index (κ2) is 7.36. The van der Waals surface area contributed by atoms with Crippen molar-refractivity contribution in [1.82, 2.24) is 15.3 Å². The Labute approximate surface area is 145 Å². The molecule has 0 fully saturated rings. The SMILES string of the molecule is CCOC(=O)NC(Cc1nc2ccccc2[nH]1)c1ccc(Cl)cc1. The van der Waals surface area contributed by atoms with Crippen LogP contribution in [0.5, 0.6) is 0 Å². The van der Waals surface area contributed by atoms with Gasteiger partial charge in [-0.3, -0.25) is 0 Å². The van der Waals surface area contributed by atoms with Gasteiger partial charge in [-0.05, 0) is 36.8 Å². The molecule has 0 bridgehead atoms. The highest BCUT2D eigenvalue weighted by molar-refractivity contribution is 6.30. The Morgan fingerprint density at radius 3 is 2.71 bits per heavy atom. The molecule has 3 aromatic rings. The molecule has 6 heteroatoms. The van der Waals surface area contributed by atoms with E-state index in [-0.39, 0.29) is 6.04 Å². The van der Waals surface area contributed by atoms with E-state index in [9.17, 15) is 4.79 Å². The standard InChI is InChI=1S/C18H18ClN3O2/c1-2-24-18(23)22-16(12-7-9-13(19)10-8-12)11-17-20-14-5-3-4-6-15(14)21-17/h3-10,16H,2,11H2,1H3,(H,20,21)(H,22,23). The zero-order valence-corrected chi connectivity index (χ0v) is 14.0. The smallest absolute Gasteiger partial charge is 0.407 e. The monoisotopic (exact) mass is 343 g/mol. The highest BCUT2D eigenvalue weighted by Gasteiger charge is 2.18. The number of aromatic nitrogens is 2. The van der Waals surface area contributed by atoms with E-state index < -0.39 is 6.09 Å². The van der Waals surface area contributed by atoms with Crippen molar-refractivity contribution in [1.29, 1.82) is 0 Å². The quantitative estimate of drug-likeness (QED) is 0.727. The molecule has 2 N–H and O–H groups in total. The molecular formula is C18H18ClN3O2. The van der Waals surface area contributed by atoms with E-state index in [0.717, 1.165) is 22.4 Å². The van der Waals surface area contributed by atoms with Crippen LogP contribution in [0.2, 0.25) is 5.02 Å². The van der Waals surface area contributed by atoms with E-state index in [4.69, 9.17) is 16.3 Å². The van der Waals surface area contributed by atoms with E-state index in [0.29, 0.717) is 18.1 Å². The number of H-pyrrole nitrogens is 1. The molecule has 5 nitrogen and oxygen atoms in total. The first-order valence-electron chi connectivity index (χ1n) is 7.78. The summed E-state index contributed by atoms with van der Waals surface area (Å²) in [6, 6.07) is 14.9. The predicted octanol–water partition coefficient (Wildman–Crippen LogP) is 4.25. The number of halogens is 1. The molecule has 0 aliphatic rings. The summed E-state index contributed by atoms with van der Waals surface area (Å²) in [5.74, 6) is 0.799. The van der Waals surface area contributed by atoms with Crippen molar-refractivity contribution in [2.45, 2.75) is 19.4 Å². The highest BCUT2D eigenvalue weighted by atomic mass is 35.5. The first-order valence-corrected chi connectivity index (χ1v) is 8.16. The summed E-state index contributed by atoms with van der Waals surface area (Å²) in [4.78, 5) is 19.7. The minimum Gasteiger partial charge on any atom is -0.450 e. The normalized spacial score (nSPS) is 12.1. The van der Waals surface area contributed by atoms with Gasteiger partial charge in [-0.2, -0.15) is 0 Å². The number of hydrogen-bond donors (Lipinski definition) is 2. The van der Waals surface area contributed by atoms with Gasteiger partial charge in [0.1, 0.15) is 5.82 Å². The van der Waals surface area contributed by atoms with Gasteiger partial charge < -0.3 is 15.0 Å². The summed E-state index contributed by atoms with van der Waals surface area (Å²) in [7, 11) is 0. The molecule has 0 aliphatic heterocycles. The molecule has 0 spiro atoms. The Kier molecular flexibility index (Phi) is 5.01. The lowest BCUT2D eigenvalue weighted by atomic mass is 10.0. The molecule has 2 aromatic carbocycles. The topological polar surface area (TPSA) is 67.0 Å². The van der Waals surface area contributed by atoms with Crippen molar-refractivity contribution in [3.63, 3.8) is 0 Å². The fraction of sp³-hybridized carbons (Fsp3) is 0.222. The number of carbonyl (C=O) groups excluding carboxylic acids is 1. The van der Waals surface area contributed by atoms with Gasteiger partial charge in [0.15, 0.2) is 0 Å². The summed E-state index contributed by atoms with van der Waals surface area (Å²) >= 11 is 5.95. The molecular weight excluding hydrogens is 326 g/mol. The average molecular weight is 344 g/mol. The Balaban J connectivity index is 1.85. The molecule has 1 aromatic heterocycles. The Morgan fingerprint density at radius 1 is 1.25 bits per heavy atom. The molecule has 1 atom stereocenters. The zero-order valence-electron chi connectivity index (χ0n) is 13.3. The second-order valence-corrected chi connectivity index (χ2v) is 5.81. The number of imidazole rings is 1. The van der Waals surface area contributed by atoms with E-state index >= 15 is 0 Å². The number of amides is 1. The van der Waals surface area contributed by atoms with Gasteiger partial charge in [-0.1, -0.05) is 35.9 Å². The molecule has 1 unspecified atom stereocenters. The first kappa shape index (κ1) is 16.3. The summed E-state index contributed by atoms with van der Waals surface area (Å²) in [6.45, 7) is 2.10. The maximum absolute atomic E-state index is 11.9. The molecule has 1 amide bonds. The number of alkyl carbamates (subject to hydrolysis) is 1. The number of ether oxygens (including phenoxy) is 1. The summed E-state index contributed by atoms with van der Waals surface area (Å²) in [6.07, 6.45) is 0.0725. The lowest BCUT2D eigenvalue weighted by Crippen LogP contribution is -2.30. The Bertz CT molecular complexity index is 797. The van der Waals surface area contributed by atoms with Crippen LogP contribution in [-0.2, 0) is 11.2 Å². The number of rotatable bonds is 5.